The lowest BCUT2D eigenvalue weighted by molar-refractivity contribution is -0.124. The van der Waals surface area contributed by atoms with Gasteiger partial charge in [0.15, 0.2) is 0 Å². The third-order valence-corrected chi connectivity index (χ3v) is 1.27. The van der Waals surface area contributed by atoms with Gasteiger partial charge in [-0.2, -0.15) is 0 Å². The number of carbonyl (C=O) groups excluding carboxylic acids is 1. The molecule has 0 fully saturated rings. The number of hydrogen-bond donors (Lipinski definition) is 1. The monoisotopic (exact) mass is 127 g/mol. The number of hydrogen-bond acceptors (Lipinski definition) is 1. The Bertz CT molecular complexity index is 99.1. The standard InChI is InChI=1S/C7H13NO/c1-5(2)6(3)7(9)8-4/h3,5-6H,1-2,4H3,(H,8,9). The zero-order valence-corrected chi connectivity index (χ0v) is 6.14. The lowest BCUT2D eigenvalue weighted by atomic mass is 9.98. The van der Waals surface area contributed by atoms with E-state index >= 15 is 0 Å². The van der Waals surface area contributed by atoms with Crippen LogP contribution in [0.25, 0.3) is 0 Å². The molecule has 0 aromatic carbocycles. The van der Waals surface area contributed by atoms with Crippen LogP contribution in [-0.4, -0.2) is 13.0 Å². The van der Waals surface area contributed by atoms with Crippen molar-refractivity contribution in [1.29, 1.82) is 0 Å². The van der Waals surface area contributed by atoms with Gasteiger partial charge in [-0.15, -0.1) is 0 Å². The third kappa shape index (κ3) is 2.49. The fourth-order valence-corrected chi connectivity index (χ4v) is 0.469. The normalized spacial score (nSPS) is 13.4. The second kappa shape index (κ2) is 3.49. The van der Waals surface area contributed by atoms with E-state index in [4.69, 9.17) is 6.92 Å². The van der Waals surface area contributed by atoms with Crippen LogP contribution < -0.4 is 5.32 Å². The van der Waals surface area contributed by atoms with Crippen molar-refractivity contribution in [2.75, 3.05) is 7.05 Å². The van der Waals surface area contributed by atoms with Crippen LogP contribution in [0.1, 0.15) is 13.8 Å². The van der Waals surface area contributed by atoms with Crippen molar-refractivity contribution in [2.24, 2.45) is 11.8 Å². The summed E-state index contributed by atoms with van der Waals surface area (Å²) in [5.41, 5.74) is 0. The number of carbonyl (C=O) groups is 1. The van der Waals surface area contributed by atoms with E-state index in [-0.39, 0.29) is 17.7 Å². The van der Waals surface area contributed by atoms with Crippen LogP contribution in [0.15, 0.2) is 0 Å². The highest BCUT2D eigenvalue weighted by Crippen LogP contribution is 2.07. The maximum absolute atomic E-state index is 10.7. The van der Waals surface area contributed by atoms with Gasteiger partial charge in [-0.25, -0.2) is 0 Å². The predicted molar refractivity (Wildman–Crippen MR) is 36.7 cm³/mol. The molecule has 1 atom stereocenters. The summed E-state index contributed by atoms with van der Waals surface area (Å²) < 4.78 is 0. The molecule has 9 heavy (non-hydrogen) atoms. The van der Waals surface area contributed by atoms with Crippen LogP contribution in [0.4, 0.5) is 0 Å². The first-order valence-electron chi connectivity index (χ1n) is 3.06. The zero-order chi connectivity index (χ0) is 7.44. The van der Waals surface area contributed by atoms with Crippen molar-refractivity contribution < 1.29 is 4.79 Å². The second-order valence-electron chi connectivity index (χ2n) is 2.38. The maximum atomic E-state index is 10.7. The molecule has 0 aromatic rings. The molecule has 0 saturated carbocycles. The Labute approximate surface area is 56.6 Å². The summed E-state index contributed by atoms with van der Waals surface area (Å²) in [5.74, 6) is -0.245. The highest BCUT2D eigenvalue weighted by atomic mass is 16.1. The largest absolute Gasteiger partial charge is 0.359 e. The Morgan fingerprint density at radius 1 is 1.56 bits per heavy atom. The molecular weight excluding hydrogens is 114 g/mol. The summed E-state index contributed by atoms with van der Waals surface area (Å²) in [6, 6.07) is 0. The zero-order valence-electron chi connectivity index (χ0n) is 6.14. The Kier molecular flexibility index (Phi) is 3.28. The predicted octanol–water partition coefficient (Wildman–Crippen LogP) is 0.716. The van der Waals surface area contributed by atoms with Gasteiger partial charge < -0.3 is 5.32 Å². The molecule has 2 nitrogen and oxygen atoms in total. The number of amides is 1. The quantitative estimate of drug-likeness (QED) is 0.581. The Morgan fingerprint density at radius 2 is 2.00 bits per heavy atom. The molecule has 52 valence electrons. The van der Waals surface area contributed by atoms with Crippen LogP contribution in [0, 0.1) is 18.8 Å². The minimum Gasteiger partial charge on any atom is -0.359 e. The van der Waals surface area contributed by atoms with Gasteiger partial charge in [0.1, 0.15) is 0 Å². The number of rotatable bonds is 2. The summed E-state index contributed by atoms with van der Waals surface area (Å²) in [4.78, 5) is 10.7. The Morgan fingerprint density at radius 3 is 2.11 bits per heavy atom. The molecule has 1 unspecified atom stereocenters. The first-order chi connectivity index (χ1) is 4.09. The van der Waals surface area contributed by atoms with Gasteiger partial charge in [-0.05, 0) is 12.8 Å². The van der Waals surface area contributed by atoms with E-state index in [0.717, 1.165) is 0 Å². The number of nitrogens with one attached hydrogen (secondary N) is 1. The molecule has 2 radical (unpaired) electrons. The fourth-order valence-electron chi connectivity index (χ4n) is 0.469. The molecule has 2 heteroatoms. The maximum Gasteiger partial charge on any atom is 0.223 e. The van der Waals surface area contributed by atoms with Crippen molar-refractivity contribution in [2.45, 2.75) is 13.8 Å². The SMILES string of the molecule is [CH]C(C(=O)NC)C(C)C. The molecule has 0 aromatic heterocycles. The highest BCUT2D eigenvalue weighted by molar-refractivity contribution is 5.79. The summed E-state index contributed by atoms with van der Waals surface area (Å²) in [6.45, 7) is 9.29. The van der Waals surface area contributed by atoms with Crippen molar-refractivity contribution in [3.05, 3.63) is 6.92 Å². The fraction of sp³-hybridized carbons (Fsp3) is 0.714. The molecule has 0 aliphatic rings. The van der Waals surface area contributed by atoms with Crippen LogP contribution >= 0.6 is 0 Å². The van der Waals surface area contributed by atoms with Crippen LogP contribution in [0.2, 0.25) is 0 Å². The summed E-state index contributed by atoms with van der Waals surface area (Å²) in [6.07, 6.45) is 0. The van der Waals surface area contributed by atoms with E-state index < -0.39 is 0 Å². The first-order valence-corrected chi connectivity index (χ1v) is 3.06. The summed E-state index contributed by atoms with van der Waals surface area (Å²) >= 11 is 0. The van der Waals surface area contributed by atoms with Gasteiger partial charge in [-0.1, -0.05) is 13.8 Å². The molecule has 0 aliphatic carbocycles. The van der Waals surface area contributed by atoms with E-state index in [1.807, 2.05) is 13.8 Å². The van der Waals surface area contributed by atoms with Gasteiger partial charge in [0, 0.05) is 13.0 Å². The molecule has 0 heterocycles. The van der Waals surface area contributed by atoms with Gasteiger partial charge in [0.05, 0.1) is 0 Å². The molecule has 1 N–H and O–H groups in total. The van der Waals surface area contributed by atoms with E-state index in [9.17, 15) is 4.79 Å². The average molecular weight is 127 g/mol. The topological polar surface area (TPSA) is 29.1 Å². The third-order valence-electron chi connectivity index (χ3n) is 1.27. The molecular formula is C7H13NO. The Balaban J connectivity index is 3.72. The average Bonchev–Trinajstić information content (AvgIpc) is 1.84. The molecule has 0 aliphatic heterocycles. The van der Waals surface area contributed by atoms with Gasteiger partial charge in [0.2, 0.25) is 5.91 Å². The smallest absolute Gasteiger partial charge is 0.223 e. The van der Waals surface area contributed by atoms with Crippen LogP contribution in [-0.2, 0) is 4.79 Å². The van der Waals surface area contributed by atoms with Crippen molar-refractivity contribution in [3.8, 4) is 0 Å². The minimum absolute atomic E-state index is 0.0926. The van der Waals surface area contributed by atoms with Crippen molar-refractivity contribution in [1.82, 2.24) is 5.32 Å². The lowest BCUT2D eigenvalue weighted by Crippen LogP contribution is -2.28. The van der Waals surface area contributed by atoms with Gasteiger partial charge in [0.25, 0.3) is 0 Å². The molecule has 1 amide bonds. The summed E-state index contributed by atoms with van der Waals surface area (Å²) in [5, 5.41) is 2.48. The van der Waals surface area contributed by atoms with Crippen molar-refractivity contribution in [3.63, 3.8) is 0 Å². The summed E-state index contributed by atoms with van der Waals surface area (Å²) in [7, 11) is 1.59. The highest BCUT2D eigenvalue weighted by Gasteiger charge is 2.14. The molecule has 0 rings (SSSR count). The van der Waals surface area contributed by atoms with Crippen molar-refractivity contribution >= 4 is 5.91 Å². The van der Waals surface area contributed by atoms with E-state index in [1.165, 1.54) is 0 Å². The second-order valence-corrected chi connectivity index (χ2v) is 2.38. The molecule has 0 bridgehead atoms. The Hall–Kier alpha value is -0.530. The lowest BCUT2D eigenvalue weighted by Gasteiger charge is -2.11. The van der Waals surface area contributed by atoms with Crippen LogP contribution in [0.5, 0.6) is 0 Å². The molecule has 0 spiro atoms. The van der Waals surface area contributed by atoms with Crippen LogP contribution in [0.3, 0.4) is 0 Å². The van der Waals surface area contributed by atoms with E-state index in [0.29, 0.717) is 0 Å². The van der Waals surface area contributed by atoms with Gasteiger partial charge in [-0.3, -0.25) is 4.79 Å². The van der Waals surface area contributed by atoms with E-state index in [1.54, 1.807) is 7.05 Å². The molecule has 0 saturated heterocycles. The van der Waals surface area contributed by atoms with Gasteiger partial charge >= 0.3 is 0 Å². The minimum atomic E-state index is -0.366. The van der Waals surface area contributed by atoms with E-state index in [2.05, 4.69) is 5.32 Å². The first kappa shape index (κ1) is 8.47.